The van der Waals surface area contributed by atoms with Crippen LogP contribution < -0.4 is 5.32 Å². The van der Waals surface area contributed by atoms with Crippen molar-refractivity contribution in [3.05, 3.63) is 77.5 Å². The van der Waals surface area contributed by atoms with Crippen LogP contribution in [0.15, 0.2) is 61.2 Å². The van der Waals surface area contributed by atoms with Gasteiger partial charge in [0.2, 0.25) is 11.8 Å². The molecule has 0 aliphatic carbocycles. The van der Waals surface area contributed by atoms with E-state index in [2.05, 4.69) is 20.7 Å². The van der Waals surface area contributed by atoms with Gasteiger partial charge >= 0.3 is 0 Å². The zero-order valence-electron chi connectivity index (χ0n) is 22.3. The number of carbonyl (C=O) groups is 2. The van der Waals surface area contributed by atoms with E-state index in [0.29, 0.717) is 36.5 Å². The summed E-state index contributed by atoms with van der Waals surface area (Å²) in [5.41, 5.74) is 5.74. The molecule has 2 aliphatic rings. The van der Waals surface area contributed by atoms with Gasteiger partial charge < -0.3 is 10.2 Å². The van der Waals surface area contributed by atoms with Crippen molar-refractivity contribution in [3.8, 4) is 16.9 Å². The first-order valence-corrected chi connectivity index (χ1v) is 13.7. The van der Waals surface area contributed by atoms with E-state index < -0.39 is 0 Å². The number of anilines is 1. The minimum atomic E-state index is -0.231. The fourth-order valence-electron chi connectivity index (χ4n) is 5.60. The molecule has 5 heterocycles. The summed E-state index contributed by atoms with van der Waals surface area (Å²) in [5, 5.41) is 16.1. The molecule has 4 aromatic rings. The molecule has 2 bridgehead atoms. The third-order valence-electron chi connectivity index (χ3n) is 7.71. The summed E-state index contributed by atoms with van der Waals surface area (Å²) < 4.78 is 3.43. The molecule has 0 fully saturated rings. The van der Waals surface area contributed by atoms with Crippen molar-refractivity contribution in [1.29, 1.82) is 0 Å². The first-order valence-electron chi connectivity index (χ1n) is 13.4. The summed E-state index contributed by atoms with van der Waals surface area (Å²) in [6.07, 6.45) is 11.3. The van der Waals surface area contributed by atoms with Gasteiger partial charge in [-0.05, 0) is 55.2 Å². The molecule has 0 saturated carbocycles. The number of hydrogen-bond acceptors (Lipinski definition) is 6. The molecule has 11 heteroatoms. The molecule has 1 aromatic carbocycles. The zero-order valence-corrected chi connectivity index (χ0v) is 23.0. The fraction of sp³-hybridized carbons (Fsp3) is 0.310. The number of nitrogens with one attached hydrogen (secondary N) is 1. The Morgan fingerprint density at radius 3 is 2.77 bits per heavy atom. The van der Waals surface area contributed by atoms with Crippen molar-refractivity contribution < 1.29 is 9.59 Å². The van der Waals surface area contributed by atoms with Gasteiger partial charge in [-0.2, -0.15) is 5.10 Å². The first kappa shape index (κ1) is 25.9. The number of aryl methyl sites for hydroxylation is 1. The minimum absolute atomic E-state index is 0.0352. The van der Waals surface area contributed by atoms with E-state index in [1.807, 2.05) is 43.1 Å². The Balaban J connectivity index is 1.36. The molecule has 2 aliphatic heterocycles. The summed E-state index contributed by atoms with van der Waals surface area (Å²) in [5.74, 6) is -0.296. The number of carbonyl (C=O) groups excluding carboxylic acids is 2. The van der Waals surface area contributed by atoms with Crippen molar-refractivity contribution in [2.24, 2.45) is 13.0 Å². The highest BCUT2D eigenvalue weighted by molar-refractivity contribution is 6.30. The van der Waals surface area contributed by atoms with Crippen molar-refractivity contribution in [2.75, 3.05) is 11.9 Å². The summed E-state index contributed by atoms with van der Waals surface area (Å²) in [4.78, 5) is 33.3. The topological polar surface area (TPSA) is 111 Å². The minimum Gasteiger partial charge on any atom is -0.330 e. The van der Waals surface area contributed by atoms with Crippen molar-refractivity contribution in [1.82, 2.24) is 34.7 Å². The van der Waals surface area contributed by atoms with Crippen LogP contribution >= 0.6 is 11.6 Å². The maximum absolute atomic E-state index is 13.7. The second-order valence-corrected chi connectivity index (χ2v) is 10.7. The van der Waals surface area contributed by atoms with Crippen molar-refractivity contribution in [3.63, 3.8) is 0 Å². The third kappa shape index (κ3) is 4.90. The van der Waals surface area contributed by atoms with Crippen LogP contribution in [0.3, 0.4) is 0 Å². The Labute approximate surface area is 236 Å². The van der Waals surface area contributed by atoms with Gasteiger partial charge in [-0.15, -0.1) is 5.10 Å². The highest BCUT2D eigenvalue weighted by Gasteiger charge is 2.31. The van der Waals surface area contributed by atoms with Gasteiger partial charge in [0, 0.05) is 47.9 Å². The second kappa shape index (κ2) is 10.7. The lowest BCUT2D eigenvalue weighted by atomic mass is 9.93. The van der Waals surface area contributed by atoms with Crippen LogP contribution in [0.5, 0.6) is 0 Å². The lowest BCUT2D eigenvalue weighted by molar-refractivity contribution is -0.129. The lowest BCUT2D eigenvalue weighted by Gasteiger charge is -2.34. The maximum Gasteiger partial charge on any atom is 0.247 e. The van der Waals surface area contributed by atoms with Gasteiger partial charge in [0.25, 0.3) is 0 Å². The van der Waals surface area contributed by atoms with Gasteiger partial charge in [-0.3, -0.25) is 19.3 Å². The quantitative estimate of drug-likeness (QED) is 0.387. The summed E-state index contributed by atoms with van der Waals surface area (Å²) in [6, 6.07) is 9.24. The van der Waals surface area contributed by atoms with E-state index in [1.54, 1.807) is 46.3 Å². The number of amides is 2. The molecule has 2 unspecified atom stereocenters. The van der Waals surface area contributed by atoms with Crippen LogP contribution in [-0.2, 0) is 16.6 Å². The Kier molecular flexibility index (Phi) is 6.93. The monoisotopic (exact) mass is 556 g/mol. The largest absolute Gasteiger partial charge is 0.330 e. The third-order valence-corrected chi connectivity index (χ3v) is 7.94. The van der Waals surface area contributed by atoms with Crippen LogP contribution in [0, 0.1) is 5.92 Å². The molecule has 0 saturated heterocycles. The number of hydrogen-bond donors (Lipinski definition) is 1. The Morgan fingerprint density at radius 1 is 1.10 bits per heavy atom. The number of fused-ring (bicyclic) bond motifs is 4. The molecule has 3 aromatic heterocycles. The second-order valence-electron chi connectivity index (χ2n) is 10.3. The fourth-order valence-corrected chi connectivity index (χ4v) is 5.77. The summed E-state index contributed by atoms with van der Waals surface area (Å²) in [7, 11) is 1.85. The van der Waals surface area contributed by atoms with Gasteiger partial charge in [0.15, 0.2) is 0 Å². The number of rotatable bonds is 3. The van der Waals surface area contributed by atoms with Gasteiger partial charge in [-0.1, -0.05) is 30.2 Å². The maximum atomic E-state index is 13.7. The molecule has 40 heavy (non-hydrogen) atoms. The molecular weight excluding hydrogens is 528 g/mol. The Hall–Kier alpha value is -4.31. The van der Waals surface area contributed by atoms with E-state index in [9.17, 15) is 9.59 Å². The zero-order chi connectivity index (χ0) is 27.8. The number of pyridine rings is 1. The van der Waals surface area contributed by atoms with Crippen molar-refractivity contribution >= 4 is 34.7 Å². The highest BCUT2D eigenvalue weighted by Crippen LogP contribution is 2.37. The van der Waals surface area contributed by atoms with E-state index in [1.165, 1.54) is 0 Å². The average Bonchev–Trinajstić information content (AvgIpc) is 3.61. The lowest BCUT2D eigenvalue weighted by Crippen LogP contribution is -2.38. The molecule has 2 amide bonds. The average molecular weight is 557 g/mol. The van der Waals surface area contributed by atoms with Gasteiger partial charge in [-0.25, -0.2) is 4.68 Å². The van der Waals surface area contributed by atoms with E-state index in [-0.39, 0.29) is 23.8 Å². The summed E-state index contributed by atoms with van der Waals surface area (Å²) in [6.45, 7) is 2.46. The molecule has 6 rings (SSSR count). The summed E-state index contributed by atoms with van der Waals surface area (Å²) >= 11 is 6.36. The number of nitrogens with zero attached hydrogens (tertiary/aromatic N) is 7. The molecule has 2 atom stereocenters. The molecular formula is C29H29ClN8O2. The Bertz CT molecular complexity index is 1610. The number of benzene rings is 1. The van der Waals surface area contributed by atoms with E-state index in [0.717, 1.165) is 40.2 Å². The SMILES string of the molecule is CC1CCCC(N2CCC(c3cc(Cl)ccc3-n3ccnn3)=CC2=O)c2cc(ccn2)-c2c(cnn2C)NC1=O. The van der Waals surface area contributed by atoms with Crippen LogP contribution in [0.4, 0.5) is 5.69 Å². The smallest absolute Gasteiger partial charge is 0.247 e. The molecule has 204 valence electrons. The van der Waals surface area contributed by atoms with Crippen LogP contribution in [0.2, 0.25) is 5.02 Å². The van der Waals surface area contributed by atoms with E-state index >= 15 is 0 Å². The molecule has 1 N–H and O–H groups in total. The normalized spacial score (nSPS) is 19.8. The standard InChI is InChI=1S/C29H29ClN8O2/c1-18-4-3-5-26(23-14-20(8-10-31-23)28-24(34-29(18)40)17-33-36(28)2)37-12-9-19(15-27(37)39)22-16-21(30)6-7-25(22)38-13-11-32-35-38/h6-8,10-11,13-18,26H,3-5,9,12H2,1-2H3,(H,34,40). The highest BCUT2D eigenvalue weighted by atomic mass is 35.5. The molecule has 0 spiro atoms. The molecule has 10 nitrogen and oxygen atoms in total. The van der Waals surface area contributed by atoms with Crippen molar-refractivity contribution in [2.45, 2.75) is 38.6 Å². The number of halogens is 1. The van der Waals surface area contributed by atoms with E-state index in [4.69, 9.17) is 16.6 Å². The number of aromatic nitrogens is 6. The van der Waals surface area contributed by atoms with Gasteiger partial charge in [0.05, 0.1) is 47.4 Å². The first-order chi connectivity index (χ1) is 19.4. The van der Waals surface area contributed by atoms with Crippen LogP contribution in [0.25, 0.3) is 22.5 Å². The van der Waals surface area contributed by atoms with Crippen LogP contribution in [0.1, 0.15) is 49.9 Å². The molecule has 0 radical (unpaired) electrons. The Morgan fingerprint density at radius 2 is 1.98 bits per heavy atom. The van der Waals surface area contributed by atoms with Gasteiger partial charge in [0.1, 0.15) is 0 Å². The van der Waals surface area contributed by atoms with Crippen LogP contribution in [-0.4, -0.2) is 53.0 Å². The predicted molar refractivity (Wildman–Crippen MR) is 152 cm³/mol. The predicted octanol–water partition coefficient (Wildman–Crippen LogP) is 4.83.